The van der Waals surface area contributed by atoms with E-state index in [9.17, 15) is 10.1 Å². The first-order valence-electron chi connectivity index (χ1n) is 7.20. The van der Waals surface area contributed by atoms with Gasteiger partial charge in [0.25, 0.3) is 0 Å². The van der Waals surface area contributed by atoms with Crippen LogP contribution in [-0.4, -0.2) is 17.6 Å². The molecule has 0 fully saturated rings. The fraction of sp³-hybridized carbons (Fsp3) is 0.0526. The van der Waals surface area contributed by atoms with Crippen LogP contribution in [0.5, 0.6) is 0 Å². The Balaban J connectivity index is 2.03. The summed E-state index contributed by atoms with van der Waals surface area (Å²) in [5.74, 6) is -0.386. The molecule has 0 radical (unpaired) electrons. The first-order chi connectivity index (χ1) is 11.6. The van der Waals surface area contributed by atoms with Crippen molar-refractivity contribution in [1.82, 2.24) is 4.57 Å². The van der Waals surface area contributed by atoms with Crippen LogP contribution in [0.25, 0.3) is 16.8 Å². The second-order valence-electron chi connectivity index (χ2n) is 5.12. The number of carbonyl (C=O) groups is 1. The molecule has 0 aliphatic rings. The summed E-state index contributed by atoms with van der Waals surface area (Å²) in [6, 6.07) is 16.6. The minimum atomic E-state index is -0.386. The van der Waals surface area contributed by atoms with Crippen LogP contribution in [0.1, 0.15) is 15.9 Å². The molecule has 3 rings (SSSR count). The summed E-state index contributed by atoms with van der Waals surface area (Å²) in [7, 11) is 1.34. The van der Waals surface area contributed by atoms with Crippen LogP contribution >= 0.6 is 11.6 Å². The van der Waals surface area contributed by atoms with Crippen LogP contribution in [-0.2, 0) is 4.74 Å². The summed E-state index contributed by atoms with van der Waals surface area (Å²) in [4.78, 5) is 11.5. The van der Waals surface area contributed by atoms with Crippen molar-refractivity contribution in [2.24, 2.45) is 0 Å². The molecule has 0 atom stereocenters. The maximum absolute atomic E-state index is 11.5. The Morgan fingerprint density at radius 2 is 1.79 bits per heavy atom. The van der Waals surface area contributed by atoms with Gasteiger partial charge in [-0.25, -0.2) is 4.79 Å². The average molecular weight is 337 g/mol. The van der Waals surface area contributed by atoms with Gasteiger partial charge in [0.05, 0.1) is 18.2 Å². The van der Waals surface area contributed by atoms with Gasteiger partial charge in [-0.15, -0.1) is 0 Å². The van der Waals surface area contributed by atoms with Crippen molar-refractivity contribution in [2.45, 2.75) is 0 Å². The summed E-state index contributed by atoms with van der Waals surface area (Å²) in [6.45, 7) is 0. The first kappa shape index (κ1) is 15.9. The Hall–Kier alpha value is -3.03. The Kier molecular flexibility index (Phi) is 4.37. The topological polar surface area (TPSA) is 55.0 Å². The molecule has 3 aromatic rings. The fourth-order valence-electron chi connectivity index (χ4n) is 2.47. The molecule has 5 heteroatoms. The number of carbonyl (C=O) groups excluding carboxylic acids is 1. The zero-order valence-corrected chi connectivity index (χ0v) is 13.6. The first-order valence-corrected chi connectivity index (χ1v) is 7.57. The summed E-state index contributed by atoms with van der Waals surface area (Å²) in [6.07, 6.45) is 3.60. The van der Waals surface area contributed by atoms with E-state index in [1.807, 2.05) is 29.0 Å². The van der Waals surface area contributed by atoms with Gasteiger partial charge in [-0.3, -0.25) is 0 Å². The molecule has 0 saturated carbocycles. The Labute approximate surface area is 144 Å². The zero-order chi connectivity index (χ0) is 17.1. The van der Waals surface area contributed by atoms with Crippen LogP contribution in [0.4, 0.5) is 0 Å². The second-order valence-corrected chi connectivity index (χ2v) is 5.53. The molecule has 0 saturated heterocycles. The SMILES string of the molecule is COC(=O)c1ccc(-n2cc(C#N)c(-c3ccccc3Cl)c2)cc1. The molecule has 0 aliphatic heterocycles. The lowest BCUT2D eigenvalue weighted by Crippen LogP contribution is -2.01. The van der Waals surface area contributed by atoms with Gasteiger partial charge in [-0.05, 0) is 30.3 Å². The summed E-state index contributed by atoms with van der Waals surface area (Å²) < 4.78 is 6.52. The lowest BCUT2D eigenvalue weighted by atomic mass is 10.1. The largest absolute Gasteiger partial charge is 0.465 e. The summed E-state index contributed by atoms with van der Waals surface area (Å²) in [5, 5.41) is 10.0. The predicted octanol–water partition coefficient (Wildman–Crippen LogP) is 4.46. The van der Waals surface area contributed by atoms with Gasteiger partial charge in [0.1, 0.15) is 6.07 Å². The molecule has 0 bridgehead atoms. The van der Waals surface area contributed by atoms with E-state index in [0.29, 0.717) is 16.1 Å². The minimum Gasteiger partial charge on any atom is -0.465 e. The molecule has 1 heterocycles. The smallest absolute Gasteiger partial charge is 0.337 e. The van der Waals surface area contributed by atoms with Crippen molar-refractivity contribution in [3.63, 3.8) is 0 Å². The molecule has 0 spiro atoms. The highest BCUT2D eigenvalue weighted by atomic mass is 35.5. The monoisotopic (exact) mass is 336 g/mol. The number of halogens is 1. The number of methoxy groups -OCH3 is 1. The van der Waals surface area contributed by atoms with Gasteiger partial charge in [0.2, 0.25) is 0 Å². The van der Waals surface area contributed by atoms with Gasteiger partial charge < -0.3 is 9.30 Å². The molecule has 0 unspecified atom stereocenters. The van der Waals surface area contributed by atoms with Crippen LogP contribution in [0, 0.1) is 11.3 Å². The van der Waals surface area contributed by atoms with E-state index in [4.69, 9.17) is 16.3 Å². The van der Waals surface area contributed by atoms with Crippen molar-refractivity contribution in [3.05, 3.63) is 77.1 Å². The van der Waals surface area contributed by atoms with Gasteiger partial charge in [-0.1, -0.05) is 29.8 Å². The molecule has 4 nitrogen and oxygen atoms in total. The number of hydrogen-bond donors (Lipinski definition) is 0. The standard InChI is InChI=1S/C19H13ClN2O2/c1-24-19(23)13-6-8-15(9-7-13)22-11-14(10-21)17(12-22)16-4-2-3-5-18(16)20/h2-9,11-12H,1H3. The zero-order valence-electron chi connectivity index (χ0n) is 12.9. The van der Waals surface area contributed by atoms with Crippen molar-refractivity contribution in [2.75, 3.05) is 7.11 Å². The van der Waals surface area contributed by atoms with Gasteiger partial charge in [-0.2, -0.15) is 5.26 Å². The highest BCUT2D eigenvalue weighted by Gasteiger charge is 2.13. The van der Waals surface area contributed by atoms with Crippen LogP contribution in [0.15, 0.2) is 60.9 Å². The van der Waals surface area contributed by atoms with E-state index in [0.717, 1.165) is 16.8 Å². The van der Waals surface area contributed by atoms with E-state index >= 15 is 0 Å². The molecule has 0 N–H and O–H groups in total. The van der Waals surface area contributed by atoms with E-state index in [-0.39, 0.29) is 5.97 Å². The lowest BCUT2D eigenvalue weighted by molar-refractivity contribution is 0.0601. The average Bonchev–Trinajstić information content (AvgIpc) is 3.05. The van der Waals surface area contributed by atoms with E-state index < -0.39 is 0 Å². The van der Waals surface area contributed by atoms with Crippen molar-refractivity contribution >= 4 is 17.6 Å². The van der Waals surface area contributed by atoms with Crippen molar-refractivity contribution in [1.29, 1.82) is 5.26 Å². The van der Waals surface area contributed by atoms with Crippen LogP contribution in [0.2, 0.25) is 5.02 Å². The third kappa shape index (κ3) is 2.90. The third-order valence-corrected chi connectivity index (χ3v) is 4.03. The Morgan fingerprint density at radius 3 is 2.42 bits per heavy atom. The predicted molar refractivity (Wildman–Crippen MR) is 92.3 cm³/mol. The number of esters is 1. The lowest BCUT2D eigenvalue weighted by Gasteiger charge is -2.04. The van der Waals surface area contributed by atoms with Gasteiger partial charge in [0.15, 0.2) is 0 Å². The van der Waals surface area contributed by atoms with Crippen molar-refractivity contribution in [3.8, 4) is 22.9 Å². The van der Waals surface area contributed by atoms with Gasteiger partial charge in [0, 0.05) is 34.2 Å². The molecule has 24 heavy (non-hydrogen) atoms. The van der Waals surface area contributed by atoms with Crippen LogP contribution < -0.4 is 0 Å². The summed E-state index contributed by atoms with van der Waals surface area (Å²) >= 11 is 6.24. The van der Waals surface area contributed by atoms with E-state index in [1.54, 1.807) is 36.5 Å². The normalized spacial score (nSPS) is 10.2. The quantitative estimate of drug-likeness (QED) is 0.664. The van der Waals surface area contributed by atoms with E-state index in [2.05, 4.69) is 6.07 Å². The number of benzene rings is 2. The second kappa shape index (κ2) is 6.61. The number of aromatic nitrogens is 1. The molecular formula is C19H13ClN2O2. The third-order valence-electron chi connectivity index (χ3n) is 3.70. The number of rotatable bonds is 3. The Morgan fingerprint density at radius 1 is 1.08 bits per heavy atom. The number of ether oxygens (including phenoxy) is 1. The number of nitrogens with zero attached hydrogens (tertiary/aromatic N) is 2. The molecule has 1 aromatic heterocycles. The highest BCUT2D eigenvalue weighted by molar-refractivity contribution is 6.33. The van der Waals surface area contributed by atoms with Crippen molar-refractivity contribution < 1.29 is 9.53 Å². The Bertz CT molecular complexity index is 937. The maximum atomic E-state index is 11.5. The molecule has 118 valence electrons. The molecular weight excluding hydrogens is 324 g/mol. The summed E-state index contributed by atoms with van der Waals surface area (Å²) in [5.41, 5.74) is 3.40. The maximum Gasteiger partial charge on any atom is 0.337 e. The number of nitriles is 1. The van der Waals surface area contributed by atoms with Crippen LogP contribution in [0.3, 0.4) is 0 Å². The van der Waals surface area contributed by atoms with E-state index in [1.165, 1.54) is 7.11 Å². The molecule has 0 amide bonds. The minimum absolute atomic E-state index is 0.386. The number of hydrogen-bond acceptors (Lipinski definition) is 3. The van der Waals surface area contributed by atoms with Gasteiger partial charge >= 0.3 is 5.97 Å². The fourth-order valence-corrected chi connectivity index (χ4v) is 2.71. The molecule has 2 aromatic carbocycles. The molecule has 0 aliphatic carbocycles. The highest BCUT2D eigenvalue weighted by Crippen LogP contribution is 2.31.